The van der Waals surface area contributed by atoms with E-state index in [1.165, 1.54) is 0 Å². The Morgan fingerprint density at radius 3 is 2.70 bits per heavy atom. The van der Waals surface area contributed by atoms with Gasteiger partial charge in [-0.25, -0.2) is 4.98 Å². The minimum Gasteiger partial charge on any atom is -0.439 e. The van der Waals surface area contributed by atoms with E-state index >= 15 is 0 Å². The van der Waals surface area contributed by atoms with Crippen molar-refractivity contribution in [3.05, 3.63) is 60.4 Å². The Morgan fingerprint density at radius 2 is 1.85 bits per heavy atom. The Kier molecular flexibility index (Phi) is 3.31. The third kappa shape index (κ3) is 2.46. The Bertz CT molecular complexity index is 740. The van der Waals surface area contributed by atoms with Gasteiger partial charge in [0.1, 0.15) is 5.75 Å². The van der Waals surface area contributed by atoms with Gasteiger partial charge in [-0.05, 0) is 31.2 Å². The van der Waals surface area contributed by atoms with Gasteiger partial charge in [0.05, 0.1) is 5.52 Å². The first-order valence-electron chi connectivity index (χ1n) is 6.47. The lowest BCUT2D eigenvalue weighted by Gasteiger charge is -2.12. The molecule has 100 valence electrons. The second kappa shape index (κ2) is 5.27. The van der Waals surface area contributed by atoms with Gasteiger partial charge >= 0.3 is 0 Å². The molecule has 4 heteroatoms. The van der Waals surface area contributed by atoms with Gasteiger partial charge in [0.15, 0.2) is 0 Å². The molecule has 20 heavy (non-hydrogen) atoms. The summed E-state index contributed by atoms with van der Waals surface area (Å²) in [4.78, 5) is 8.57. The van der Waals surface area contributed by atoms with Gasteiger partial charge in [-0.1, -0.05) is 12.1 Å². The lowest BCUT2D eigenvalue weighted by Crippen LogP contribution is -2.07. The number of nitrogens with two attached hydrogens (primary N) is 1. The minimum atomic E-state index is -0.128. The normalized spacial score (nSPS) is 12.3. The van der Waals surface area contributed by atoms with Gasteiger partial charge < -0.3 is 10.5 Å². The first-order chi connectivity index (χ1) is 9.74. The van der Waals surface area contributed by atoms with Crippen LogP contribution in [0.1, 0.15) is 18.5 Å². The lowest BCUT2D eigenvalue weighted by molar-refractivity contribution is 0.452. The average molecular weight is 265 g/mol. The summed E-state index contributed by atoms with van der Waals surface area (Å²) < 4.78 is 5.85. The molecule has 0 amide bonds. The summed E-state index contributed by atoms with van der Waals surface area (Å²) in [5, 5.41) is 1.08. The highest BCUT2D eigenvalue weighted by molar-refractivity contribution is 5.79. The molecular formula is C16H15N3O. The molecule has 2 heterocycles. The first kappa shape index (κ1) is 12.6. The number of nitrogens with zero attached hydrogens (tertiary/aromatic N) is 2. The molecule has 0 saturated heterocycles. The molecule has 1 aromatic carbocycles. The SMILES string of the molecule is CC(N)c1cccnc1Oc1ccc2cccnc2c1. The zero-order valence-corrected chi connectivity index (χ0v) is 11.2. The predicted molar refractivity (Wildman–Crippen MR) is 78.7 cm³/mol. The van der Waals surface area contributed by atoms with Crippen LogP contribution in [0.4, 0.5) is 0 Å². The number of aromatic nitrogens is 2. The molecule has 1 atom stereocenters. The van der Waals surface area contributed by atoms with Crippen LogP contribution in [0.2, 0.25) is 0 Å². The third-order valence-corrected chi connectivity index (χ3v) is 3.08. The van der Waals surface area contributed by atoms with Gasteiger partial charge in [0, 0.05) is 35.5 Å². The van der Waals surface area contributed by atoms with Crippen LogP contribution in [0.15, 0.2) is 54.9 Å². The lowest BCUT2D eigenvalue weighted by atomic mass is 10.1. The van der Waals surface area contributed by atoms with Crippen LogP contribution in [-0.4, -0.2) is 9.97 Å². The van der Waals surface area contributed by atoms with Crippen molar-refractivity contribution in [1.29, 1.82) is 0 Å². The van der Waals surface area contributed by atoms with E-state index in [4.69, 9.17) is 10.5 Å². The summed E-state index contributed by atoms with van der Waals surface area (Å²) in [6, 6.07) is 13.4. The van der Waals surface area contributed by atoms with Crippen LogP contribution in [0, 0.1) is 0 Å². The second-order valence-electron chi connectivity index (χ2n) is 4.65. The zero-order chi connectivity index (χ0) is 13.9. The summed E-state index contributed by atoms with van der Waals surface area (Å²) in [6.45, 7) is 1.91. The van der Waals surface area contributed by atoms with Crippen LogP contribution >= 0.6 is 0 Å². The molecule has 4 nitrogen and oxygen atoms in total. The maximum atomic E-state index is 5.93. The number of hydrogen-bond acceptors (Lipinski definition) is 4. The van der Waals surface area contributed by atoms with Crippen LogP contribution < -0.4 is 10.5 Å². The molecule has 1 unspecified atom stereocenters. The molecule has 3 rings (SSSR count). The van der Waals surface area contributed by atoms with E-state index in [0.29, 0.717) is 11.6 Å². The maximum absolute atomic E-state index is 5.93. The molecule has 0 aliphatic heterocycles. The highest BCUT2D eigenvalue weighted by Gasteiger charge is 2.10. The second-order valence-corrected chi connectivity index (χ2v) is 4.65. The standard InChI is InChI=1S/C16H15N3O/c1-11(17)14-5-3-9-19-16(14)20-13-7-6-12-4-2-8-18-15(12)10-13/h2-11H,17H2,1H3. The van der Waals surface area contributed by atoms with Crippen LogP contribution in [0.3, 0.4) is 0 Å². The van der Waals surface area contributed by atoms with E-state index in [2.05, 4.69) is 9.97 Å². The molecule has 2 N–H and O–H groups in total. The van der Waals surface area contributed by atoms with Crippen molar-refractivity contribution in [2.24, 2.45) is 5.73 Å². The largest absolute Gasteiger partial charge is 0.439 e. The van der Waals surface area contributed by atoms with Crippen molar-refractivity contribution >= 4 is 10.9 Å². The summed E-state index contributed by atoms with van der Waals surface area (Å²) in [7, 11) is 0. The van der Waals surface area contributed by atoms with Crippen LogP contribution in [-0.2, 0) is 0 Å². The summed E-state index contributed by atoms with van der Waals surface area (Å²) in [5.74, 6) is 1.24. The Balaban J connectivity index is 1.97. The van der Waals surface area contributed by atoms with E-state index in [9.17, 15) is 0 Å². The van der Waals surface area contributed by atoms with Gasteiger partial charge in [-0.2, -0.15) is 0 Å². The van der Waals surface area contributed by atoms with Crippen molar-refractivity contribution in [1.82, 2.24) is 9.97 Å². The molecule has 3 aromatic rings. The number of hydrogen-bond donors (Lipinski definition) is 1. The van der Waals surface area contributed by atoms with E-state index in [1.54, 1.807) is 12.4 Å². The molecule has 0 aliphatic carbocycles. The Morgan fingerprint density at radius 1 is 1.05 bits per heavy atom. The van der Waals surface area contributed by atoms with Crippen molar-refractivity contribution in [3.63, 3.8) is 0 Å². The fourth-order valence-corrected chi connectivity index (χ4v) is 2.06. The number of benzene rings is 1. The van der Waals surface area contributed by atoms with E-state index in [-0.39, 0.29) is 6.04 Å². The molecule has 0 bridgehead atoms. The maximum Gasteiger partial charge on any atom is 0.223 e. The monoisotopic (exact) mass is 265 g/mol. The zero-order valence-electron chi connectivity index (χ0n) is 11.2. The van der Waals surface area contributed by atoms with E-state index in [0.717, 1.165) is 16.5 Å². The number of fused-ring (bicyclic) bond motifs is 1. The summed E-state index contributed by atoms with van der Waals surface area (Å²) in [6.07, 6.45) is 3.46. The van der Waals surface area contributed by atoms with Crippen molar-refractivity contribution in [2.45, 2.75) is 13.0 Å². The molecule has 0 radical (unpaired) electrons. The van der Waals surface area contributed by atoms with Gasteiger partial charge in [0.2, 0.25) is 5.88 Å². The number of rotatable bonds is 3. The third-order valence-electron chi connectivity index (χ3n) is 3.08. The Labute approximate surface area is 117 Å². The number of ether oxygens (including phenoxy) is 1. The minimum absolute atomic E-state index is 0.128. The average Bonchev–Trinajstić information content (AvgIpc) is 2.47. The quantitative estimate of drug-likeness (QED) is 0.788. The van der Waals surface area contributed by atoms with Crippen LogP contribution in [0.25, 0.3) is 10.9 Å². The fourth-order valence-electron chi connectivity index (χ4n) is 2.06. The summed E-state index contributed by atoms with van der Waals surface area (Å²) in [5.41, 5.74) is 7.70. The van der Waals surface area contributed by atoms with Crippen molar-refractivity contribution in [2.75, 3.05) is 0 Å². The smallest absolute Gasteiger partial charge is 0.223 e. The highest BCUT2D eigenvalue weighted by atomic mass is 16.5. The molecule has 0 aliphatic rings. The molecular weight excluding hydrogens is 250 g/mol. The number of pyridine rings is 2. The van der Waals surface area contributed by atoms with E-state index < -0.39 is 0 Å². The van der Waals surface area contributed by atoms with Gasteiger partial charge in [-0.15, -0.1) is 0 Å². The summed E-state index contributed by atoms with van der Waals surface area (Å²) >= 11 is 0. The van der Waals surface area contributed by atoms with Crippen molar-refractivity contribution < 1.29 is 4.74 Å². The van der Waals surface area contributed by atoms with Gasteiger partial charge in [0.25, 0.3) is 0 Å². The fraction of sp³-hybridized carbons (Fsp3) is 0.125. The molecule has 0 fully saturated rings. The predicted octanol–water partition coefficient (Wildman–Crippen LogP) is 3.44. The molecule has 2 aromatic heterocycles. The van der Waals surface area contributed by atoms with E-state index in [1.807, 2.05) is 49.4 Å². The topological polar surface area (TPSA) is 61.0 Å². The molecule has 0 saturated carbocycles. The molecule has 0 spiro atoms. The Hall–Kier alpha value is -2.46. The van der Waals surface area contributed by atoms with Crippen LogP contribution in [0.5, 0.6) is 11.6 Å². The van der Waals surface area contributed by atoms with Crippen molar-refractivity contribution in [3.8, 4) is 11.6 Å². The first-order valence-corrected chi connectivity index (χ1v) is 6.47. The van der Waals surface area contributed by atoms with Gasteiger partial charge in [-0.3, -0.25) is 4.98 Å². The highest BCUT2D eigenvalue weighted by Crippen LogP contribution is 2.27.